The Morgan fingerprint density at radius 2 is 2.11 bits per heavy atom. The van der Waals surface area contributed by atoms with Crippen molar-refractivity contribution in [2.75, 3.05) is 26.8 Å². The van der Waals surface area contributed by atoms with Crippen molar-refractivity contribution in [3.05, 3.63) is 64.9 Å². The lowest BCUT2D eigenvalue weighted by Crippen LogP contribution is -2.26. The summed E-state index contributed by atoms with van der Waals surface area (Å²) in [4.78, 5) is 11.5. The number of methoxy groups -OCH3 is 1. The molecule has 2 aromatic carbocycles. The molecule has 3 rings (SSSR count). The Labute approximate surface area is 161 Å². The molecule has 2 N–H and O–H groups in total. The molecule has 0 unspecified atom stereocenters. The van der Waals surface area contributed by atoms with Gasteiger partial charge in [0.05, 0.1) is 13.2 Å². The molecule has 0 bridgehead atoms. The fraction of sp³-hybridized carbons (Fsp3) is 0.250. The maximum atomic E-state index is 11.5. The minimum absolute atomic E-state index is 0.154. The molecule has 142 valence electrons. The Morgan fingerprint density at radius 1 is 1.26 bits per heavy atom. The van der Waals surface area contributed by atoms with Crippen LogP contribution in [-0.2, 0) is 4.74 Å². The van der Waals surface area contributed by atoms with Gasteiger partial charge in [-0.25, -0.2) is 4.79 Å². The highest BCUT2D eigenvalue weighted by Gasteiger charge is 2.13. The lowest BCUT2D eigenvalue weighted by Gasteiger charge is -2.13. The number of aliphatic hydroxyl groups is 1. The Morgan fingerprint density at radius 3 is 2.89 bits per heavy atom. The summed E-state index contributed by atoms with van der Waals surface area (Å²) in [6.07, 6.45) is -0.636. The Balaban J connectivity index is 1.47. The fourth-order valence-corrected chi connectivity index (χ4v) is 2.82. The van der Waals surface area contributed by atoms with Gasteiger partial charge in [0.25, 0.3) is 0 Å². The zero-order valence-corrected chi connectivity index (χ0v) is 15.5. The molecule has 0 saturated carbocycles. The monoisotopic (exact) mass is 389 g/mol. The second-order valence-corrected chi connectivity index (χ2v) is 6.36. The van der Waals surface area contributed by atoms with E-state index >= 15 is 0 Å². The van der Waals surface area contributed by atoms with Gasteiger partial charge in [0, 0.05) is 23.5 Å². The number of ether oxygens (including phenoxy) is 2. The average molecular weight is 390 g/mol. The molecule has 3 aromatic rings. The number of hydrogen-bond donors (Lipinski definition) is 2. The molecule has 0 aliphatic carbocycles. The van der Waals surface area contributed by atoms with Gasteiger partial charge in [-0.3, -0.25) is 0 Å². The van der Waals surface area contributed by atoms with Gasteiger partial charge in [0.2, 0.25) is 5.76 Å². The van der Waals surface area contributed by atoms with E-state index in [1.807, 2.05) is 12.1 Å². The summed E-state index contributed by atoms with van der Waals surface area (Å²) in [6.45, 7) is 1.39. The first-order valence-electron chi connectivity index (χ1n) is 8.46. The topological polar surface area (TPSA) is 80.9 Å². The quantitative estimate of drug-likeness (QED) is 0.453. The van der Waals surface area contributed by atoms with Crippen LogP contribution in [0.15, 0.2) is 52.9 Å². The SMILES string of the molecule is COC(=O)c1cc2cc(OCCNC[C@H](O)c3cccc(Cl)c3)ccc2o1. The van der Waals surface area contributed by atoms with E-state index in [2.05, 4.69) is 10.1 Å². The summed E-state index contributed by atoms with van der Waals surface area (Å²) in [5.41, 5.74) is 1.35. The third kappa shape index (κ3) is 5.01. The highest BCUT2D eigenvalue weighted by atomic mass is 35.5. The van der Waals surface area contributed by atoms with E-state index in [-0.39, 0.29) is 5.76 Å². The summed E-state index contributed by atoms with van der Waals surface area (Å²) in [7, 11) is 1.31. The van der Waals surface area contributed by atoms with E-state index in [4.69, 9.17) is 20.8 Å². The maximum absolute atomic E-state index is 11.5. The van der Waals surface area contributed by atoms with Gasteiger partial charge in [-0.1, -0.05) is 23.7 Å². The summed E-state index contributed by atoms with van der Waals surface area (Å²) in [5.74, 6) is 0.300. The van der Waals surface area contributed by atoms with Crippen molar-refractivity contribution in [2.45, 2.75) is 6.10 Å². The molecule has 1 atom stereocenters. The van der Waals surface area contributed by atoms with E-state index in [0.29, 0.717) is 36.1 Å². The minimum atomic E-state index is -0.636. The zero-order valence-electron chi connectivity index (χ0n) is 14.8. The number of carbonyl (C=O) groups excluding carboxylic acids is 1. The van der Waals surface area contributed by atoms with E-state index in [9.17, 15) is 9.90 Å². The van der Waals surface area contributed by atoms with Gasteiger partial charge in [-0.05, 0) is 42.0 Å². The van der Waals surface area contributed by atoms with E-state index in [1.54, 1.807) is 36.4 Å². The third-order valence-electron chi connectivity index (χ3n) is 3.99. The van der Waals surface area contributed by atoms with Crippen LogP contribution in [0.5, 0.6) is 5.75 Å². The smallest absolute Gasteiger partial charge is 0.373 e. The Bertz CT molecular complexity index is 924. The first kappa shape index (κ1) is 19.2. The Kier molecular flexibility index (Phi) is 6.34. The second kappa shape index (κ2) is 8.90. The van der Waals surface area contributed by atoms with Gasteiger partial charge >= 0.3 is 5.97 Å². The van der Waals surface area contributed by atoms with Crippen LogP contribution in [0.3, 0.4) is 0 Å². The highest BCUT2D eigenvalue weighted by Crippen LogP contribution is 2.24. The molecule has 27 heavy (non-hydrogen) atoms. The van der Waals surface area contributed by atoms with Crippen LogP contribution in [-0.4, -0.2) is 37.9 Å². The molecular formula is C20H20ClNO5. The van der Waals surface area contributed by atoms with Crippen LogP contribution < -0.4 is 10.1 Å². The van der Waals surface area contributed by atoms with Crippen molar-refractivity contribution in [3.63, 3.8) is 0 Å². The van der Waals surface area contributed by atoms with Crippen LogP contribution in [0, 0.1) is 0 Å². The first-order chi connectivity index (χ1) is 13.1. The molecular weight excluding hydrogens is 370 g/mol. The summed E-state index contributed by atoms with van der Waals surface area (Å²) in [6, 6.07) is 14.1. The van der Waals surface area contributed by atoms with Crippen LogP contribution in [0.25, 0.3) is 11.0 Å². The molecule has 1 heterocycles. The van der Waals surface area contributed by atoms with Crippen molar-refractivity contribution in [2.24, 2.45) is 0 Å². The molecule has 0 spiro atoms. The van der Waals surface area contributed by atoms with E-state index in [0.717, 1.165) is 10.9 Å². The zero-order chi connectivity index (χ0) is 19.2. The number of hydrogen-bond acceptors (Lipinski definition) is 6. The van der Waals surface area contributed by atoms with Crippen LogP contribution >= 0.6 is 11.6 Å². The number of nitrogens with one attached hydrogen (secondary N) is 1. The van der Waals surface area contributed by atoms with Crippen LogP contribution in [0.2, 0.25) is 5.02 Å². The maximum Gasteiger partial charge on any atom is 0.373 e. The van der Waals surface area contributed by atoms with E-state index < -0.39 is 12.1 Å². The van der Waals surface area contributed by atoms with Crippen LogP contribution in [0.4, 0.5) is 0 Å². The lowest BCUT2D eigenvalue weighted by molar-refractivity contribution is 0.0567. The van der Waals surface area contributed by atoms with E-state index in [1.165, 1.54) is 7.11 Å². The second-order valence-electron chi connectivity index (χ2n) is 5.93. The minimum Gasteiger partial charge on any atom is -0.492 e. The van der Waals surface area contributed by atoms with Crippen molar-refractivity contribution >= 4 is 28.5 Å². The molecule has 6 nitrogen and oxygen atoms in total. The number of fused-ring (bicyclic) bond motifs is 1. The number of halogens is 1. The van der Waals surface area contributed by atoms with Crippen molar-refractivity contribution in [1.29, 1.82) is 0 Å². The van der Waals surface area contributed by atoms with Crippen LogP contribution in [0.1, 0.15) is 22.2 Å². The van der Waals surface area contributed by atoms with Gasteiger partial charge in [0.1, 0.15) is 17.9 Å². The molecule has 1 aromatic heterocycles. The van der Waals surface area contributed by atoms with Crippen molar-refractivity contribution in [3.8, 4) is 5.75 Å². The summed E-state index contributed by atoms with van der Waals surface area (Å²) < 4.78 is 15.8. The van der Waals surface area contributed by atoms with Gasteiger partial charge < -0.3 is 24.3 Å². The number of carbonyl (C=O) groups is 1. The van der Waals surface area contributed by atoms with Gasteiger partial charge in [-0.15, -0.1) is 0 Å². The van der Waals surface area contributed by atoms with Crippen molar-refractivity contribution < 1.29 is 23.8 Å². The first-order valence-corrected chi connectivity index (χ1v) is 8.83. The predicted octanol–water partition coefficient (Wildman–Crippen LogP) is 3.57. The highest BCUT2D eigenvalue weighted by molar-refractivity contribution is 6.30. The predicted molar refractivity (Wildman–Crippen MR) is 102 cm³/mol. The standard InChI is InChI=1S/C20H20ClNO5/c1-25-20(24)19-11-14-10-16(5-6-18(14)27-19)26-8-7-22-12-17(23)13-3-2-4-15(21)9-13/h2-6,9-11,17,22-23H,7-8,12H2,1H3/t17-/m0/s1. The number of furan rings is 1. The fourth-order valence-electron chi connectivity index (χ4n) is 2.62. The number of aliphatic hydroxyl groups excluding tert-OH is 1. The largest absolute Gasteiger partial charge is 0.492 e. The third-order valence-corrected chi connectivity index (χ3v) is 4.23. The Hall–Kier alpha value is -2.54. The number of benzene rings is 2. The van der Waals surface area contributed by atoms with Gasteiger partial charge in [-0.2, -0.15) is 0 Å². The molecule has 0 saturated heterocycles. The molecule has 0 radical (unpaired) electrons. The lowest BCUT2D eigenvalue weighted by atomic mass is 10.1. The summed E-state index contributed by atoms with van der Waals surface area (Å²) in [5, 5.41) is 14.6. The average Bonchev–Trinajstić information content (AvgIpc) is 3.10. The van der Waals surface area contributed by atoms with Crippen molar-refractivity contribution in [1.82, 2.24) is 5.32 Å². The molecule has 7 heteroatoms. The van der Waals surface area contributed by atoms with Gasteiger partial charge in [0.15, 0.2) is 0 Å². The molecule has 0 amide bonds. The number of rotatable bonds is 8. The summed E-state index contributed by atoms with van der Waals surface area (Å²) >= 11 is 5.93. The molecule has 0 aliphatic rings. The molecule has 0 aliphatic heterocycles. The molecule has 0 fully saturated rings. The number of esters is 1. The normalized spacial score (nSPS) is 12.1.